The van der Waals surface area contributed by atoms with Crippen LogP contribution in [0.1, 0.15) is 33.6 Å². The predicted molar refractivity (Wildman–Crippen MR) is 62.8 cm³/mol. The van der Waals surface area contributed by atoms with Gasteiger partial charge in [-0.05, 0) is 20.3 Å². The monoisotopic (exact) mass is 224 g/mol. The minimum absolute atomic E-state index is 0.0103. The second-order valence-corrected chi connectivity index (χ2v) is 4.67. The van der Waals surface area contributed by atoms with Crippen LogP contribution < -0.4 is 5.32 Å². The molecule has 1 aliphatic rings. The topological polar surface area (TPSA) is 49.4 Å². The summed E-state index contributed by atoms with van der Waals surface area (Å²) >= 11 is 0. The molecule has 16 heavy (non-hydrogen) atoms. The Bertz CT molecular complexity index is 325. The molecule has 2 amide bonds. The Labute approximate surface area is 96.7 Å². The van der Waals surface area contributed by atoms with E-state index in [9.17, 15) is 9.59 Å². The quantitative estimate of drug-likeness (QED) is 0.729. The molecule has 0 bridgehead atoms. The Morgan fingerprint density at radius 2 is 2.19 bits per heavy atom. The molecule has 4 heteroatoms. The maximum Gasteiger partial charge on any atom is 0.248 e. The van der Waals surface area contributed by atoms with Gasteiger partial charge in [-0.1, -0.05) is 19.1 Å². The summed E-state index contributed by atoms with van der Waals surface area (Å²) in [5.74, 6) is -0.0641. The van der Waals surface area contributed by atoms with Gasteiger partial charge in [0.05, 0.1) is 0 Å². The smallest absolute Gasteiger partial charge is 0.248 e. The summed E-state index contributed by atoms with van der Waals surface area (Å²) in [4.78, 5) is 25.5. The molecule has 4 nitrogen and oxygen atoms in total. The Kier molecular flexibility index (Phi) is 3.73. The molecule has 1 rings (SSSR count). The summed E-state index contributed by atoms with van der Waals surface area (Å²) in [6.45, 7) is 10.4. The van der Waals surface area contributed by atoms with Crippen molar-refractivity contribution in [3.8, 4) is 0 Å². The number of hydrogen-bond donors (Lipinski definition) is 1. The third-order valence-corrected chi connectivity index (χ3v) is 2.95. The SMILES string of the molecule is C=C(C)CN1CCC(=O)NC(C)(CC)C1=O. The third kappa shape index (κ3) is 2.62. The van der Waals surface area contributed by atoms with Gasteiger partial charge in [0.1, 0.15) is 5.54 Å². The highest BCUT2D eigenvalue weighted by Crippen LogP contribution is 2.18. The molecule has 1 aliphatic heterocycles. The lowest BCUT2D eigenvalue weighted by Crippen LogP contribution is -2.54. The normalized spacial score (nSPS) is 26.3. The Balaban J connectivity index is 2.92. The van der Waals surface area contributed by atoms with Crippen molar-refractivity contribution >= 4 is 11.8 Å². The van der Waals surface area contributed by atoms with Crippen LogP contribution >= 0.6 is 0 Å². The molecular weight excluding hydrogens is 204 g/mol. The number of carbonyl (C=O) groups is 2. The fourth-order valence-electron chi connectivity index (χ4n) is 1.83. The fraction of sp³-hybridized carbons (Fsp3) is 0.667. The second-order valence-electron chi connectivity index (χ2n) is 4.67. The minimum atomic E-state index is -0.761. The van der Waals surface area contributed by atoms with Crippen LogP contribution in [0.25, 0.3) is 0 Å². The van der Waals surface area contributed by atoms with Gasteiger partial charge in [-0.25, -0.2) is 0 Å². The first-order valence-corrected chi connectivity index (χ1v) is 5.64. The molecule has 1 saturated heterocycles. The van der Waals surface area contributed by atoms with Crippen LogP contribution in [0.2, 0.25) is 0 Å². The standard InChI is InChI=1S/C12H20N2O2/c1-5-12(4)11(16)14(8-9(2)3)7-6-10(15)13-12/h2,5-8H2,1,3-4H3,(H,13,15). The van der Waals surface area contributed by atoms with Crippen LogP contribution in [0.4, 0.5) is 0 Å². The summed E-state index contributed by atoms with van der Waals surface area (Å²) in [5.41, 5.74) is 0.171. The van der Waals surface area contributed by atoms with E-state index in [-0.39, 0.29) is 11.8 Å². The number of hydrogen-bond acceptors (Lipinski definition) is 2. The zero-order valence-electron chi connectivity index (χ0n) is 10.3. The zero-order chi connectivity index (χ0) is 12.3. The fourth-order valence-corrected chi connectivity index (χ4v) is 1.83. The van der Waals surface area contributed by atoms with Crippen molar-refractivity contribution in [3.05, 3.63) is 12.2 Å². The highest BCUT2D eigenvalue weighted by atomic mass is 16.2. The van der Waals surface area contributed by atoms with E-state index in [2.05, 4.69) is 11.9 Å². The van der Waals surface area contributed by atoms with E-state index >= 15 is 0 Å². The van der Waals surface area contributed by atoms with Crippen LogP contribution in [-0.4, -0.2) is 35.3 Å². The lowest BCUT2D eigenvalue weighted by molar-refractivity contribution is -0.137. The molecule has 1 atom stereocenters. The van der Waals surface area contributed by atoms with E-state index in [0.717, 1.165) is 5.57 Å². The molecule has 1 fully saturated rings. The molecule has 1 heterocycles. The summed E-state index contributed by atoms with van der Waals surface area (Å²) in [7, 11) is 0. The molecule has 0 saturated carbocycles. The second kappa shape index (κ2) is 4.68. The van der Waals surface area contributed by atoms with Crippen molar-refractivity contribution in [1.29, 1.82) is 0 Å². The van der Waals surface area contributed by atoms with E-state index in [1.54, 1.807) is 11.8 Å². The first-order valence-electron chi connectivity index (χ1n) is 5.64. The van der Waals surface area contributed by atoms with Crippen molar-refractivity contribution in [2.75, 3.05) is 13.1 Å². The summed E-state index contributed by atoms with van der Waals surface area (Å²) in [6.07, 6.45) is 0.971. The van der Waals surface area contributed by atoms with Crippen LogP contribution in [-0.2, 0) is 9.59 Å². The van der Waals surface area contributed by atoms with E-state index in [1.807, 2.05) is 13.8 Å². The summed E-state index contributed by atoms with van der Waals surface area (Å²) in [5, 5.41) is 2.80. The van der Waals surface area contributed by atoms with E-state index in [1.165, 1.54) is 0 Å². The Morgan fingerprint density at radius 3 is 2.69 bits per heavy atom. The zero-order valence-corrected chi connectivity index (χ0v) is 10.3. The number of carbonyl (C=O) groups excluding carboxylic acids is 2. The molecule has 90 valence electrons. The molecule has 0 spiro atoms. The maximum absolute atomic E-state index is 12.2. The lowest BCUT2D eigenvalue weighted by atomic mass is 9.97. The van der Waals surface area contributed by atoms with Gasteiger partial charge in [0.25, 0.3) is 0 Å². The largest absolute Gasteiger partial charge is 0.342 e. The average Bonchev–Trinajstić information content (AvgIpc) is 2.30. The van der Waals surface area contributed by atoms with Crippen molar-refractivity contribution < 1.29 is 9.59 Å². The number of nitrogens with zero attached hydrogens (tertiary/aromatic N) is 1. The Morgan fingerprint density at radius 1 is 1.56 bits per heavy atom. The van der Waals surface area contributed by atoms with Crippen molar-refractivity contribution in [1.82, 2.24) is 10.2 Å². The summed E-state index contributed by atoms with van der Waals surface area (Å²) < 4.78 is 0. The minimum Gasteiger partial charge on any atom is -0.342 e. The highest BCUT2D eigenvalue weighted by molar-refractivity contribution is 5.93. The van der Waals surface area contributed by atoms with E-state index in [4.69, 9.17) is 0 Å². The molecule has 1 unspecified atom stereocenters. The molecule has 0 aromatic rings. The number of rotatable bonds is 3. The van der Waals surface area contributed by atoms with Crippen LogP contribution in [0, 0.1) is 0 Å². The Hall–Kier alpha value is -1.32. The van der Waals surface area contributed by atoms with Gasteiger partial charge < -0.3 is 10.2 Å². The van der Waals surface area contributed by atoms with Crippen LogP contribution in [0.5, 0.6) is 0 Å². The maximum atomic E-state index is 12.2. The lowest BCUT2D eigenvalue weighted by Gasteiger charge is -2.31. The van der Waals surface area contributed by atoms with E-state index in [0.29, 0.717) is 25.9 Å². The van der Waals surface area contributed by atoms with Gasteiger partial charge in [0, 0.05) is 19.5 Å². The van der Waals surface area contributed by atoms with Gasteiger partial charge >= 0.3 is 0 Å². The third-order valence-electron chi connectivity index (χ3n) is 2.95. The predicted octanol–water partition coefficient (Wildman–Crippen LogP) is 1.08. The van der Waals surface area contributed by atoms with Gasteiger partial charge in [-0.3, -0.25) is 9.59 Å². The first-order chi connectivity index (χ1) is 7.39. The van der Waals surface area contributed by atoms with Crippen LogP contribution in [0.15, 0.2) is 12.2 Å². The summed E-state index contributed by atoms with van der Waals surface area (Å²) in [6, 6.07) is 0. The van der Waals surface area contributed by atoms with E-state index < -0.39 is 5.54 Å². The van der Waals surface area contributed by atoms with Gasteiger partial charge in [-0.15, -0.1) is 0 Å². The van der Waals surface area contributed by atoms with Gasteiger partial charge in [0.15, 0.2) is 0 Å². The molecule has 1 N–H and O–H groups in total. The molecule has 0 aromatic carbocycles. The van der Waals surface area contributed by atoms with Gasteiger partial charge in [0.2, 0.25) is 11.8 Å². The van der Waals surface area contributed by atoms with Crippen molar-refractivity contribution in [2.24, 2.45) is 0 Å². The average molecular weight is 224 g/mol. The van der Waals surface area contributed by atoms with Crippen molar-refractivity contribution in [3.63, 3.8) is 0 Å². The molecule has 0 aliphatic carbocycles. The number of amides is 2. The van der Waals surface area contributed by atoms with Crippen LogP contribution in [0.3, 0.4) is 0 Å². The molecule has 0 aromatic heterocycles. The molecule has 0 radical (unpaired) electrons. The number of nitrogens with one attached hydrogen (secondary N) is 1. The highest BCUT2D eigenvalue weighted by Gasteiger charge is 2.38. The van der Waals surface area contributed by atoms with Crippen molar-refractivity contribution in [2.45, 2.75) is 39.2 Å². The van der Waals surface area contributed by atoms with Gasteiger partial charge in [-0.2, -0.15) is 0 Å². The first kappa shape index (κ1) is 12.7. The molecular formula is C12H20N2O2.